The topological polar surface area (TPSA) is 59.6 Å². The lowest BCUT2D eigenvalue weighted by atomic mass is 10.2. The Balaban J connectivity index is 2.65. The summed E-state index contributed by atoms with van der Waals surface area (Å²) in [6, 6.07) is 5.91. The van der Waals surface area contributed by atoms with E-state index < -0.39 is 0 Å². The van der Waals surface area contributed by atoms with Crippen LogP contribution in [0.25, 0.3) is 6.08 Å². The highest BCUT2D eigenvalue weighted by Crippen LogP contribution is 2.29. The van der Waals surface area contributed by atoms with Crippen molar-refractivity contribution in [1.29, 1.82) is 0 Å². The second-order valence-electron chi connectivity index (χ2n) is 5.49. The fourth-order valence-corrected chi connectivity index (χ4v) is 1.71. The first kappa shape index (κ1) is 18.0. The van der Waals surface area contributed by atoms with Crippen LogP contribution >= 0.6 is 0 Å². The molecule has 0 aliphatic heterocycles. The Labute approximate surface area is 132 Å². The van der Waals surface area contributed by atoms with Crippen molar-refractivity contribution in [3.8, 4) is 11.5 Å². The van der Waals surface area contributed by atoms with Gasteiger partial charge in [-0.15, -0.1) is 0 Å². The Bertz CT molecular complexity index is 511. The van der Waals surface area contributed by atoms with Crippen LogP contribution in [0.5, 0.6) is 11.5 Å². The fraction of sp³-hybridized carbons (Fsp3) is 0.471. The molecule has 0 aliphatic carbocycles. The van der Waals surface area contributed by atoms with Gasteiger partial charge in [-0.1, -0.05) is 6.07 Å². The molecule has 0 aromatic heterocycles. The van der Waals surface area contributed by atoms with Crippen molar-refractivity contribution in [2.75, 3.05) is 13.8 Å². The first-order valence-electron chi connectivity index (χ1n) is 7.46. The van der Waals surface area contributed by atoms with Crippen molar-refractivity contribution in [3.05, 3.63) is 29.8 Å². The van der Waals surface area contributed by atoms with Crippen molar-refractivity contribution in [2.45, 2.75) is 39.8 Å². The molecule has 0 fully saturated rings. The van der Waals surface area contributed by atoms with E-state index in [2.05, 4.69) is 10.6 Å². The Morgan fingerprint density at radius 2 is 1.95 bits per heavy atom. The quantitative estimate of drug-likeness (QED) is 0.572. The van der Waals surface area contributed by atoms with Crippen LogP contribution < -0.4 is 20.1 Å². The van der Waals surface area contributed by atoms with E-state index in [1.807, 2.05) is 45.9 Å². The maximum atomic E-state index is 11.7. The third-order valence-corrected chi connectivity index (χ3v) is 2.75. The monoisotopic (exact) mass is 306 g/mol. The van der Waals surface area contributed by atoms with Gasteiger partial charge in [0.25, 0.3) is 0 Å². The lowest BCUT2D eigenvalue weighted by Gasteiger charge is -2.13. The Hall–Kier alpha value is -2.01. The van der Waals surface area contributed by atoms with E-state index in [1.54, 1.807) is 13.2 Å². The molecule has 0 saturated carbocycles. The summed E-state index contributed by atoms with van der Waals surface area (Å²) in [4.78, 5) is 11.7. The molecule has 0 spiro atoms. The smallest absolute Gasteiger partial charge is 0.244 e. The van der Waals surface area contributed by atoms with Crippen LogP contribution in [0.15, 0.2) is 24.3 Å². The molecular formula is C17H26N2O3. The van der Waals surface area contributed by atoms with Crippen LogP contribution in [0.3, 0.4) is 0 Å². The second kappa shape index (κ2) is 9.10. The standard InChI is InChI=1S/C17H26N2O3/c1-12(2)18-11-19-17(20)9-7-14-6-8-15(22-13(3)4)16(10-14)21-5/h6-10,12-13,18H,11H2,1-5H3,(H,19,20)/b9-7+. The Morgan fingerprint density at radius 1 is 1.23 bits per heavy atom. The molecule has 1 aromatic carbocycles. The summed E-state index contributed by atoms with van der Waals surface area (Å²) >= 11 is 0. The normalized spacial score (nSPS) is 11.2. The van der Waals surface area contributed by atoms with Crippen molar-refractivity contribution >= 4 is 12.0 Å². The van der Waals surface area contributed by atoms with Gasteiger partial charge in [0.15, 0.2) is 11.5 Å². The van der Waals surface area contributed by atoms with Gasteiger partial charge in [-0.3, -0.25) is 10.1 Å². The molecule has 0 radical (unpaired) electrons. The number of nitrogens with one attached hydrogen (secondary N) is 2. The zero-order valence-corrected chi connectivity index (χ0v) is 14.0. The minimum absolute atomic E-state index is 0.0783. The van der Waals surface area contributed by atoms with Crippen LogP contribution in [0, 0.1) is 0 Å². The van der Waals surface area contributed by atoms with Crippen molar-refractivity contribution < 1.29 is 14.3 Å². The molecular weight excluding hydrogens is 280 g/mol. The van der Waals surface area contributed by atoms with Gasteiger partial charge in [-0.05, 0) is 51.5 Å². The first-order chi connectivity index (χ1) is 10.4. The number of benzene rings is 1. The molecule has 0 unspecified atom stereocenters. The van der Waals surface area contributed by atoms with Gasteiger partial charge in [-0.2, -0.15) is 0 Å². The Kier molecular flexibility index (Phi) is 7.46. The summed E-state index contributed by atoms with van der Waals surface area (Å²) in [5.74, 6) is 1.20. The molecule has 22 heavy (non-hydrogen) atoms. The average Bonchev–Trinajstić information content (AvgIpc) is 2.45. The lowest BCUT2D eigenvalue weighted by molar-refractivity contribution is -0.116. The van der Waals surface area contributed by atoms with E-state index in [0.29, 0.717) is 24.2 Å². The molecule has 5 heteroatoms. The highest BCUT2D eigenvalue weighted by molar-refractivity contribution is 5.91. The summed E-state index contributed by atoms with van der Waals surface area (Å²) in [5, 5.41) is 5.87. The van der Waals surface area contributed by atoms with Crippen LogP contribution in [-0.2, 0) is 4.79 Å². The largest absolute Gasteiger partial charge is 0.493 e. The molecule has 0 aliphatic rings. The molecule has 2 N–H and O–H groups in total. The molecule has 0 bridgehead atoms. The van der Waals surface area contributed by atoms with E-state index in [-0.39, 0.29) is 12.0 Å². The minimum atomic E-state index is -0.144. The zero-order valence-electron chi connectivity index (χ0n) is 14.0. The zero-order chi connectivity index (χ0) is 16.5. The number of amides is 1. The average molecular weight is 306 g/mol. The highest BCUT2D eigenvalue weighted by atomic mass is 16.5. The van der Waals surface area contributed by atoms with Gasteiger partial charge in [0, 0.05) is 12.1 Å². The number of carbonyl (C=O) groups is 1. The maximum Gasteiger partial charge on any atom is 0.244 e. The summed E-state index contributed by atoms with van der Waals surface area (Å²) in [5.41, 5.74) is 0.875. The molecule has 0 heterocycles. The Morgan fingerprint density at radius 3 is 2.55 bits per heavy atom. The van der Waals surface area contributed by atoms with Gasteiger partial charge in [-0.25, -0.2) is 0 Å². The van der Waals surface area contributed by atoms with Gasteiger partial charge >= 0.3 is 0 Å². The van der Waals surface area contributed by atoms with Crippen molar-refractivity contribution in [1.82, 2.24) is 10.6 Å². The summed E-state index contributed by atoms with van der Waals surface area (Å²) < 4.78 is 11.0. The molecule has 0 saturated heterocycles. The van der Waals surface area contributed by atoms with Gasteiger partial charge in [0.2, 0.25) is 5.91 Å². The van der Waals surface area contributed by atoms with Gasteiger partial charge < -0.3 is 14.8 Å². The van der Waals surface area contributed by atoms with E-state index in [4.69, 9.17) is 9.47 Å². The molecule has 1 rings (SSSR count). The lowest BCUT2D eigenvalue weighted by Crippen LogP contribution is -2.36. The van der Waals surface area contributed by atoms with Crippen molar-refractivity contribution in [3.63, 3.8) is 0 Å². The third kappa shape index (κ3) is 6.63. The number of hydrogen-bond acceptors (Lipinski definition) is 4. The minimum Gasteiger partial charge on any atom is -0.493 e. The number of hydrogen-bond donors (Lipinski definition) is 2. The van der Waals surface area contributed by atoms with Crippen LogP contribution in [0.2, 0.25) is 0 Å². The molecule has 1 aromatic rings. The summed E-state index contributed by atoms with van der Waals surface area (Å²) in [7, 11) is 1.60. The number of rotatable bonds is 8. The molecule has 1 amide bonds. The SMILES string of the molecule is COc1cc(/C=C/C(=O)NCNC(C)C)ccc1OC(C)C. The van der Waals surface area contributed by atoms with E-state index >= 15 is 0 Å². The predicted octanol–water partition coefficient (Wildman–Crippen LogP) is 2.57. The number of methoxy groups -OCH3 is 1. The fourth-order valence-electron chi connectivity index (χ4n) is 1.71. The van der Waals surface area contributed by atoms with Crippen LogP contribution in [-0.4, -0.2) is 31.8 Å². The highest BCUT2D eigenvalue weighted by Gasteiger charge is 2.06. The van der Waals surface area contributed by atoms with Crippen molar-refractivity contribution in [2.24, 2.45) is 0 Å². The number of ether oxygens (including phenoxy) is 2. The molecule has 122 valence electrons. The third-order valence-electron chi connectivity index (χ3n) is 2.75. The summed E-state index contributed by atoms with van der Waals surface area (Å²) in [6.45, 7) is 8.42. The first-order valence-corrected chi connectivity index (χ1v) is 7.46. The molecule has 0 atom stereocenters. The second-order valence-corrected chi connectivity index (χ2v) is 5.49. The summed E-state index contributed by atoms with van der Waals surface area (Å²) in [6.07, 6.45) is 3.32. The van der Waals surface area contributed by atoms with E-state index in [0.717, 1.165) is 5.56 Å². The van der Waals surface area contributed by atoms with Crippen LogP contribution in [0.4, 0.5) is 0 Å². The van der Waals surface area contributed by atoms with E-state index in [9.17, 15) is 4.79 Å². The van der Waals surface area contributed by atoms with Gasteiger partial charge in [0.05, 0.1) is 19.9 Å². The number of carbonyl (C=O) groups excluding carboxylic acids is 1. The van der Waals surface area contributed by atoms with E-state index in [1.165, 1.54) is 6.08 Å². The van der Waals surface area contributed by atoms with Crippen LogP contribution in [0.1, 0.15) is 33.3 Å². The maximum absolute atomic E-state index is 11.7. The molecule has 5 nitrogen and oxygen atoms in total. The van der Waals surface area contributed by atoms with Gasteiger partial charge in [0.1, 0.15) is 0 Å². The predicted molar refractivity (Wildman–Crippen MR) is 89.1 cm³/mol.